The van der Waals surface area contributed by atoms with E-state index in [4.69, 9.17) is 4.74 Å². The first-order valence-electron chi connectivity index (χ1n) is 10.0. The molecule has 0 aromatic heterocycles. The van der Waals surface area contributed by atoms with Crippen LogP contribution in [0.2, 0.25) is 0 Å². The Morgan fingerprint density at radius 2 is 1.79 bits per heavy atom. The Hall–Kier alpha value is -2.92. The fraction of sp³-hybridized carbons (Fsp3) is 0.333. The Balaban J connectivity index is 1.70. The van der Waals surface area contributed by atoms with Gasteiger partial charge in [-0.2, -0.15) is 0 Å². The van der Waals surface area contributed by atoms with Crippen LogP contribution >= 0.6 is 0 Å². The molecule has 5 heteroatoms. The van der Waals surface area contributed by atoms with E-state index in [1.54, 1.807) is 19.3 Å². The normalized spacial score (nSPS) is 14.7. The second-order valence-electron chi connectivity index (χ2n) is 7.36. The molecule has 1 aliphatic heterocycles. The number of carbonyl (C=O) groups is 2. The van der Waals surface area contributed by atoms with Gasteiger partial charge in [-0.25, -0.2) is 0 Å². The van der Waals surface area contributed by atoms with Crippen LogP contribution in [0.4, 0.5) is 5.69 Å². The van der Waals surface area contributed by atoms with Gasteiger partial charge < -0.3 is 10.1 Å². The molecule has 2 aromatic carbocycles. The minimum atomic E-state index is -0.108. The number of amides is 1. The average molecular weight is 392 g/mol. The number of nitrogens with one attached hydrogen (secondary N) is 1. The van der Waals surface area contributed by atoms with Gasteiger partial charge in [0.2, 0.25) is 5.91 Å². The van der Waals surface area contributed by atoms with Crippen molar-refractivity contribution < 1.29 is 14.3 Å². The number of nitrogens with zero attached hydrogens (tertiary/aromatic N) is 1. The van der Waals surface area contributed by atoms with Crippen molar-refractivity contribution in [1.82, 2.24) is 4.90 Å². The third-order valence-electron chi connectivity index (χ3n) is 5.07. The highest BCUT2D eigenvalue weighted by atomic mass is 16.5. The summed E-state index contributed by atoms with van der Waals surface area (Å²) in [5.74, 6) is 0.673. The van der Waals surface area contributed by atoms with Crippen LogP contribution in [0.3, 0.4) is 0 Å². The highest BCUT2D eigenvalue weighted by molar-refractivity contribution is 6.07. The van der Waals surface area contributed by atoms with Crippen LogP contribution in [0.25, 0.3) is 6.08 Å². The van der Waals surface area contributed by atoms with E-state index >= 15 is 0 Å². The lowest BCUT2D eigenvalue weighted by Gasteiger charge is -2.27. The van der Waals surface area contributed by atoms with E-state index in [1.165, 1.54) is 26.2 Å². The van der Waals surface area contributed by atoms with Crippen molar-refractivity contribution in [3.63, 3.8) is 0 Å². The topological polar surface area (TPSA) is 58.6 Å². The Morgan fingerprint density at radius 3 is 2.45 bits per heavy atom. The quantitative estimate of drug-likeness (QED) is 0.555. The minimum Gasteiger partial charge on any atom is -0.496 e. The molecule has 152 valence electrons. The number of ether oxygens (including phenoxy) is 1. The number of methoxy groups -OCH3 is 1. The van der Waals surface area contributed by atoms with E-state index in [1.807, 2.05) is 42.5 Å². The maximum absolute atomic E-state index is 12.7. The lowest BCUT2D eigenvalue weighted by molar-refractivity contribution is -0.114. The highest BCUT2D eigenvalue weighted by Gasteiger charge is 2.14. The molecule has 0 saturated carbocycles. The van der Waals surface area contributed by atoms with Gasteiger partial charge in [0.1, 0.15) is 5.75 Å². The molecule has 3 rings (SSSR count). The second-order valence-corrected chi connectivity index (χ2v) is 7.36. The largest absolute Gasteiger partial charge is 0.496 e. The van der Waals surface area contributed by atoms with Gasteiger partial charge >= 0.3 is 0 Å². The van der Waals surface area contributed by atoms with E-state index < -0.39 is 0 Å². The maximum Gasteiger partial charge on any atom is 0.221 e. The number of carbonyl (C=O) groups excluding carboxylic acids is 2. The first kappa shape index (κ1) is 20.8. The first-order chi connectivity index (χ1) is 14.0. The molecule has 1 amide bonds. The van der Waals surface area contributed by atoms with Crippen LogP contribution in [-0.4, -0.2) is 36.8 Å². The summed E-state index contributed by atoms with van der Waals surface area (Å²) < 4.78 is 5.50. The number of rotatable bonds is 7. The van der Waals surface area contributed by atoms with Crippen molar-refractivity contribution in [3.8, 4) is 5.75 Å². The SMILES string of the molecule is COc1ccc(C(=O)/C=C/c2ccc(NC(C)=O)cc2)cc1CN1CCCCC1. The molecule has 29 heavy (non-hydrogen) atoms. The number of hydrogen-bond acceptors (Lipinski definition) is 4. The van der Waals surface area contributed by atoms with Crippen LogP contribution in [0.5, 0.6) is 5.75 Å². The van der Waals surface area contributed by atoms with Gasteiger partial charge in [-0.3, -0.25) is 14.5 Å². The third kappa shape index (κ3) is 6.03. The van der Waals surface area contributed by atoms with Gasteiger partial charge in [0.05, 0.1) is 7.11 Å². The zero-order chi connectivity index (χ0) is 20.6. The number of piperidine rings is 1. The number of likely N-dealkylation sites (tertiary alicyclic amines) is 1. The van der Waals surface area contributed by atoms with Gasteiger partial charge in [0.25, 0.3) is 0 Å². The molecule has 1 heterocycles. The van der Waals surface area contributed by atoms with Crippen molar-refractivity contribution >= 4 is 23.5 Å². The van der Waals surface area contributed by atoms with E-state index in [0.717, 1.165) is 42.2 Å². The second kappa shape index (κ2) is 10.0. The van der Waals surface area contributed by atoms with E-state index in [-0.39, 0.29) is 11.7 Å². The summed E-state index contributed by atoms with van der Waals surface area (Å²) in [6, 6.07) is 13.0. The maximum atomic E-state index is 12.7. The van der Waals surface area contributed by atoms with Crippen LogP contribution in [0.15, 0.2) is 48.5 Å². The number of hydrogen-bond donors (Lipinski definition) is 1. The van der Waals surface area contributed by atoms with Crippen molar-refractivity contribution in [1.29, 1.82) is 0 Å². The predicted octanol–water partition coefficient (Wildman–Crippen LogP) is 4.54. The molecule has 1 saturated heterocycles. The summed E-state index contributed by atoms with van der Waals surface area (Å²) >= 11 is 0. The molecule has 0 aliphatic carbocycles. The van der Waals surface area contributed by atoms with Crippen molar-refractivity contribution in [3.05, 3.63) is 65.2 Å². The van der Waals surface area contributed by atoms with Gasteiger partial charge in [-0.15, -0.1) is 0 Å². The first-order valence-corrected chi connectivity index (χ1v) is 10.0. The molecule has 0 atom stereocenters. The van der Waals surface area contributed by atoms with Gasteiger partial charge in [0.15, 0.2) is 5.78 Å². The summed E-state index contributed by atoms with van der Waals surface area (Å²) in [5.41, 5.74) is 3.34. The van der Waals surface area contributed by atoms with Crippen molar-refractivity contribution in [2.45, 2.75) is 32.7 Å². The number of allylic oxidation sites excluding steroid dienone is 1. The molecule has 0 radical (unpaired) electrons. The summed E-state index contributed by atoms with van der Waals surface area (Å²) in [4.78, 5) is 26.2. The standard InChI is InChI=1S/C24H28N2O3/c1-18(27)25-22-10-6-19(7-11-22)8-12-23(28)20-9-13-24(29-2)21(16-20)17-26-14-4-3-5-15-26/h6-13,16H,3-5,14-15,17H2,1-2H3,(H,25,27)/b12-8+. The molecule has 0 spiro atoms. The van der Waals surface area contributed by atoms with Gasteiger partial charge in [-0.1, -0.05) is 24.6 Å². The summed E-state index contributed by atoms with van der Waals surface area (Å²) in [6.07, 6.45) is 7.12. The monoisotopic (exact) mass is 392 g/mol. The number of benzene rings is 2. The van der Waals surface area contributed by atoms with Gasteiger partial charge in [-0.05, 0) is 67.9 Å². The smallest absolute Gasteiger partial charge is 0.221 e. The Bertz CT molecular complexity index is 881. The van der Waals surface area contributed by atoms with E-state index in [2.05, 4.69) is 10.2 Å². The van der Waals surface area contributed by atoms with Gasteiger partial charge in [0, 0.05) is 30.3 Å². The van der Waals surface area contributed by atoms with Crippen LogP contribution in [0, 0.1) is 0 Å². The third-order valence-corrected chi connectivity index (χ3v) is 5.07. The zero-order valence-corrected chi connectivity index (χ0v) is 17.1. The predicted molar refractivity (Wildman–Crippen MR) is 116 cm³/mol. The van der Waals surface area contributed by atoms with Crippen molar-refractivity contribution in [2.24, 2.45) is 0 Å². The van der Waals surface area contributed by atoms with Crippen molar-refractivity contribution in [2.75, 3.05) is 25.5 Å². The Kier molecular flexibility index (Phi) is 7.19. The molecule has 1 fully saturated rings. The van der Waals surface area contributed by atoms with Crippen LogP contribution < -0.4 is 10.1 Å². The molecule has 0 unspecified atom stereocenters. The molecule has 2 aromatic rings. The summed E-state index contributed by atoms with van der Waals surface area (Å²) in [6.45, 7) is 4.46. The minimum absolute atomic E-state index is 0.0431. The highest BCUT2D eigenvalue weighted by Crippen LogP contribution is 2.24. The molecule has 1 aliphatic rings. The van der Waals surface area contributed by atoms with E-state index in [0.29, 0.717) is 5.56 Å². The van der Waals surface area contributed by atoms with E-state index in [9.17, 15) is 9.59 Å². The summed E-state index contributed by atoms with van der Waals surface area (Å²) in [7, 11) is 1.67. The number of ketones is 1. The lowest BCUT2D eigenvalue weighted by atomic mass is 10.0. The summed E-state index contributed by atoms with van der Waals surface area (Å²) in [5, 5.41) is 2.73. The fourth-order valence-electron chi connectivity index (χ4n) is 3.56. The molecule has 1 N–H and O–H groups in total. The fourth-order valence-corrected chi connectivity index (χ4v) is 3.56. The number of anilines is 1. The van der Waals surface area contributed by atoms with Crippen LogP contribution in [-0.2, 0) is 11.3 Å². The molecule has 5 nitrogen and oxygen atoms in total. The molecular weight excluding hydrogens is 364 g/mol. The van der Waals surface area contributed by atoms with Crippen LogP contribution in [0.1, 0.15) is 47.7 Å². The average Bonchev–Trinajstić information content (AvgIpc) is 2.73. The Morgan fingerprint density at radius 1 is 1.07 bits per heavy atom. The molecule has 0 bridgehead atoms. The zero-order valence-electron chi connectivity index (χ0n) is 17.1. The lowest BCUT2D eigenvalue weighted by Crippen LogP contribution is -2.29. The molecular formula is C24H28N2O3. The Labute approximate surface area is 172 Å².